The van der Waals surface area contributed by atoms with Crippen LogP contribution in [0.5, 0.6) is 0 Å². The predicted molar refractivity (Wildman–Crippen MR) is 59.3 cm³/mol. The van der Waals surface area contributed by atoms with Gasteiger partial charge < -0.3 is 0 Å². The van der Waals surface area contributed by atoms with E-state index in [-0.39, 0.29) is 0 Å². The van der Waals surface area contributed by atoms with Crippen LogP contribution in [0.1, 0.15) is 11.1 Å². The molecule has 0 saturated carbocycles. The maximum Gasteiger partial charge on any atom is 0.0216 e. The average Bonchev–Trinajstić information content (AvgIpc) is 2.49. The highest BCUT2D eigenvalue weighted by Gasteiger charge is 2.13. The zero-order valence-electron chi connectivity index (χ0n) is 6.80. The van der Waals surface area contributed by atoms with E-state index < -0.39 is 0 Å². The summed E-state index contributed by atoms with van der Waals surface area (Å²) in [5.41, 5.74) is 2.80. The summed E-state index contributed by atoms with van der Waals surface area (Å²) in [5, 5.41) is 0. The summed E-state index contributed by atoms with van der Waals surface area (Å²) in [7, 11) is 0. The lowest BCUT2D eigenvalue weighted by Gasteiger charge is -2.00. The van der Waals surface area contributed by atoms with Crippen molar-refractivity contribution in [2.75, 3.05) is 6.26 Å². The maximum absolute atomic E-state index is 3.56. The van der Waals surface area contributed by atoms with Gasteiger partial charge in [0, 0.05) is 10.9 Å². The van der Waals surface area contributed by atoms with Crippen molar-refractivity contribution in [3.63, 3.8) is 0 Å². The number of rotatable bonds is 1. The van der Waals surface area contributed by atoms with Crippen LogP contribution in [-0.2, 0) is 6.42 Å². The molecule has 12 heavy (non-hydrogen) atoms. The minimum absolute atomic E-state index is 1.10. The third-order valence-electron chi connectivity index (χ3n) is 2.08. The van der Waals surface area contributed by atoms with Gasteiger partial charge in [0.25, 0.3) is 0 Å². The molecular weight excluding hydrogens is 232 g/mol. The number of allylic oxidation sites excluding steroid dienone is 1. The minimum Gasteiger partial charge on any atom is -0.134 e. The zero-order chi connectivity index (χ0) is 8.55. The van der Waals surface area contributed by atoms with Gasteiger partial charge in [-0.3, -0.25) is 0 Å². The van der Waals surface area contributed by atoms with Crippen LogP contribution in [0.2, 0.25) is 0 Å². The van der Waals surface area contributed by atoms with E-state index >= 15 is 0 Å². The van der Waals surface area contributed by atoms with Gasteiger partial charge in [0.15, 0.2) is 0 Å². The van der Waals surface area contributed by atoms with Crippen LogP contribution in [-0.4, -0.2) is 6.26 Å². The Balaban J connectivity index is 2.45. The summed E-state index contributed by atoms with van der Waals surface area (Å²) in [6, 6.07) is 6.36. The fraction of sp³-hybridized carbons (Fsp3) is 0.200. The van der Waals surface area contributed by atoms with Crippen molar-refractivity contribution < 1.29 is 0 Å². The highest BCUT2D eigenvalue weighted by molar-refractivity contribution is 9.10. The second kappa shape index (κ2) is 3.27. The molecule has 62 valence electrons. The third kappa shape index (κ3) is 1.34. The molecule has 0 saturated heterocycles. The van der Waals surface area contributed by atoms with E-state index in [1.165, 1.54) is 20.5 Å². The van der Waals surface area contributed by atoms with E-state index in [4.69, 9.17) is 0 Å². The van der Waals surface area contributed by atoms with Crippen molar-refractivity contribution in [1.82, 2.24) is 0 Å². The van der Waals surface area contributed by atoms with E-state index in [2.05, 4.69) is 46.5 Å². The summed E-state index contributed by atoms with van der Waals surface area (Å²) in [4.78, 5) is 1.46. The fourth-order valence-electron chi connectivity index (χ4n) is 1.43. The topological polar surface area (TPSA) is 0 Å². The van der Waals surface area contributed by atoms with Gasteiger partial charge in [0.05, 0.1) is 0 Å². The molecule has 0 amide bonds. The van der Waals surface area contributed by atoms with Crippen LogP contribution in [0.15, 0.2) is 27.6 Å². The molecule has 1 aliphatic carbocycles. The first-order chi connectivity index (χ1) is 5.81. The Morgan fingerprint density at radius 2 is 2.25 bits per heavy atom. The third-order valence-corrected chi connectivity index (χ3v) is 3.61. The quantitative estimate of drug-likeness (QED) is 0.722. The van der Waals surface area contributed by atoms with Crippen molar-refractivity contribution in [2.24, 2.45) is 0 Å². The fourth-order valence-corrected chi connectivity index (χ4v) is 2.48. The van der Waals surface area contributed by atoms with Crippen LogP contribution in [0.3, 0.4) is 0 Å². The summed E-state index contributed by atoms with van der Waals surface area (Å²) < 4.78 is 1.24. The summed E-state index contributed by atoms with van der Waals surface area (Å²) in [5.74, 6) is 0. The second-order valence-corrected chi connectivity index (χ2v) is 4.59. The monoisotopic (exact) mass is 240 g/mol. The van der Waals surface area contributed by atoms with Crippen molar-refractivity contribution in [3.05, 3.63) is 38.7 Å². The first kappa shape index (κ1) is 8.39. The van der Waals surface area contributed by atoms with Crippen molar-refractivity contribution in [2.45, 2.75) is 6.42 Å². The van der Waals surface area contributed by atoms with Gasteiger partial charge in [-0.2, -0.15) is 0 Å². The van der Waals surface area contributed by atoms with Gasteiger partial charge in [0.1, 0.15) is 0 Å². The van der Waals surface area contributed by atoms with Crippen LogP contribution >= 0.6 is 27.7 Å². The Hall–Kier alpha value is -0.210. The lowest BCUT2D eigenvalue weighted by atomic mass is 10.1. The molecule has 0 bridgehead atoms. The molecule has 0 nitrogen and oxygen atoms in total. The number of fused-ring (bicyclic) bond motifs is 1. The van der Waals surface area contributed by atoms with Gasteiger partial charge in [-0.1, -0.05) is 28.1 Å². The van der Waals surface area contributed by atoms with Gasteiger partial charge >= 0.3 is 0 Å². The Kier molecular flexibility index (Phi) is 2.28. The SMILES string of the molecule is CSC1=Cc2cccc(Br)c2C1. The molecular formula is C10H9BrS. The number of hydrogen-bond acceptors (Lipinski definition) is 1. The molecule has 0 aromatic heterocycles. The molecule has 2 rings (SSSR count). The van der Waals surface area contributed by atoms with Gasteiger partial charge in [-0.05, 0) is 34.4 Å². The molecule has 0 spiro atoms. The molecule has 0 fully saturated rings. The largest absolute Gasteiger partial charge is 0.134 e. The molecule has 0 heterocycles. The van der Waals surface area contributed by atoms with Gasteiger partial charge in [-0.25, -0.2) is 0 Å². The van der Waals surface area contributed by atoms with Gasteiger partial charge in [0.2, 0.25) is 0 Å². The number of hydrogen-bond donors (Lipinski definition) is 0. The van der Waals surface area contributed by atoms with E-state index in [0.29, 0.717) is 0 Å². The Bertz CT molecular complexity index is 342. The molecule has 1 aromatic carbocycles. The second-order valence-electron chi connectivity index (χ2n) is 2.80. The predicted octanol–water partition coefficient (Wildman–Crippen LogP) is 3.71. The van der Waals surface area contributed by atoms with E-state index in [0.717, 1.165) is 6.42 Å². The normalized spacial score (nSPS) is 14.3. The van der Waals surface area contributed by atoms with E-state index in [1.807, 2.05) is 11.8 Å². The van der Waals surface area contributed by atoms with Crippen LogP contribution < -0.4 is 0 Å². The molecule has 0 radical (unpaired) electrons. The summed E-state index contributed by atoms with van der Waals surface area (Å²) in [6.07, 6.45) is 5.49. The first-order valence-electron chi connectivity index (χ1n) is 3.83. The maximum atomic E-state index is 3.56. The van der Waals surface area contributed by atoms with Crippen molar-refractivity contribution in [3.8, 4) is 0 Å². The molecule has 1 aromatic rings. The highest BCUT2D eigenvalue weighted by Crippen LogP contribution is 2.34. The lowest BCUT2D eigenvalue weighted by Crippen LogP contribution is -1.83. The number of halogens is 1. The Labute approximate surface area is 85.2 Å². The van der Waals surface area contributed by atoms with E-state index in [9.17, 15) is 0 Å². The first-order valence-corrected chi connectivity index (χ1v) is 5.85. The molecule has 0 unspecified atom stereocenters. The summed E-state index contributed by atoms with van der Waals surface area (Å²) >= 11 is 5.40. The Morgan fingerprint density at radius 1 is 1.42 bits per heavy atom. The lowest BCUT2D eigenvalue weighted by molar-refractivity contribution is 1.27. The van der Waals surface area contributed by atoms with Gasteiger partial charge in [-0.15, -0.1) is 11.8 Å². The molecule has 0 aliphatic heterocycles. The molecule has 1 aliphatic rings. The molecule has 0 atom stereocenters. The van der Waals surface area contributed by atoms with Crippen LogP contribution in [0.25, 0.3) is 6.08 Å². The number of benzene rings is 1. The summed E-state index contributed by atoms with van der Waals surface area (Å²) in [6.45, 7) is 0. The molecule has 2 heteroatoms. The van der Waals surface area contributed by atoms with E-state index in [1.54, 1.807) is 0 Å². The highest BCUT2D eigenvalue weighted by atomic mass is 79.9. The van der Waals surface area contributed by atoms with Crippen molar-refractivity contribution >= 4 is 33.8 Å². The standard InChI is InChI=1S/C10H9BrS/c1-12-8-5-7-3-2-4-10(11)9(7)6-8/h2-5H,6H2,1H3. The smallest absolute Gasteiger partial charge is 0.0216 e. The van der Waals surface area contributed by atoms with Crippen LogP contribution in [0, 0.1) is 0 Å². The van der Waals surface area contributed by atoms with Crippen LogP contribution in [0.4, 0.5) is 0 Å². The number of thioether (sulfide) groups is 1. The Morgan fingerprint density at radius 3 is 2.92 bits per heavy atom. The van der Waals surface area contributed by atoms with Crippen molar-refractivity contribution in [1.29, 1.82) is 0 Å². The average molecular weight is 241 g/mol. The zero-order valence-corrected chi connectivity index (χ0v) is 9.21. The molecule has 0 N–H and O–H groups in total. The minimum atomic E-state index is 1.10.